The average molecular weight is 254 g/mol. The molecule has 6 nitrogen and oxygen atoms in total. The first-order valence-electron chi connectivity index (χ1n) is 4.75. The number of aryl methyl sites for hydroxylation is 1. The van der Waals surface area contributed by atoms with Gasteiger partial charge in [0.05, 0.1) is 22.7 Å². The summed E-state index contributed by atoms with van der Waals surface area (Å²) in [7, 11) is 0.366. The van der Waals surface area contributed by atoms with E-state index >= 15 is 0 Å². The predicted octanol–water partition coefficient (Wildman–Crippen LogP) is 1.02. The van der Waals surface area contributed by atoms with Crippen molar-refractivity contribution in [1.82, 2.24) is 9.78 Å². The van der Waals surface area contributed by atoms with Crippen molar-refractivity contribution in [1.29, 1.82) is 0 Å². The molecule has 0 amide bonds. The second-order valence-electron chi connectivity index (χ2n) is 3.44. The molecule has 90 valence electrons. The van der Waals surface area contributed by atoms with Crippen LogP contribution < -0.4 is 0 Å². The Kier molecular flexibility index (Phi) is 3.10. The molecule has 2 rings (SSSR count). The van der Waals surface area contributed by atoms with E-state index in [-0.39, 0.29) is 16.6 Å². The lowest BCUT2D eigenvalue weighted by atomic mass is 10.4. The summed E-state index contributed by atoms with van der Waals surface area (Å²) >= 11 is 0. The Morgan fingerprint density at radius 1 is 1.59 bits per heavy atom. The highest BCUT2D eigenvalue weighted by Gasteiger charge is 2.14. The number of carbonyl (C=O) groups is 1. The lowest BCUT2D eigenvalue weighted by molar-refractivity contribution is 0.0656. The highest BCUT2D eigenvalue weighted by molar-refractivity contribution is 7.84. The van der Waals surface area contributed by atoms with Gasteiger partial charge in [-0.3, -0.25) is 8.89 Å². The number of hydrogen-bond acceptors (Lipinski definition) is 4. The first-order chi connectivity index (χ1) is 8.06. The van der Waals surface area contributed by atoms with Gasteiger partial charge in [0.2, 0.25) is 5.76 Å². The highest BCUT2D eigenvalue weighted by Crippen LogP contribution is 2.15. The molecule has 0 fully saturated rings. The van der Waals surface area contributed by atoms with Crippen LogP contribution in [0.5, 0.6) is 0 Å². The number of furan rings is 1. The average Bonchev–Trinajstić information content (AvgIpc) is 2.86. The van der Waals surface area contributed by atoms with Crippen LogP contribution in [0.15, 0.2) is 34.0 Å². The maximum absolute atomic E-state index is 11.8. The van der Waals surface area contributed by atoms with Crippen LogP contribution in [0.1, 0.15) is 16.1 Å². The van der Waals surface area contributed by atoms with Gasteiger partial charge in [0, 0.05) is 18.8 Å². The molecule has 0 aliphatic heterocycles. The fourth-order valence-electron chi connectivity index (χ4n) is 1.33. The van der Waals surface area contributed by atoms with E-state index < -0.39 is 16.8 Å². The Morgan fingerprint density at radius 2 is 2.35 bits per heavy atom. The molecule has 0 radical (unpaired) electrons. The third-order valence-corrected chi connectivity index (χ3v) is 3.34. The minimum Gasteiger partial charge on any atom is -0.475 e. The zero-order valence-corrected chi connectivity index (χ0v) is 9.81. The Balaban J connectivity index is 2.11. The van der Waals surface area contributed by atoms with E-state index in [0.717, 1.165) is 5.56 Å². The first-order valence-corrected chi connectivity index (χ1v) is 6.07. The number of carboxylic acids is 1. The lowest BCUT2D eigenvalue weighted by Crippen LogP contribution is -1.95. The molecule has 2 aromatic heterocycles. The minimum absolute atomic E-state index is 0.159. The van der Waals surface area contributed by atoms with Crippen LogP contribution in [-0.2, 0) is 23.6 Å². The largest absolute Gasteiger partial charge is 0.475 e. The van der Waals surface area contributed by atoms with E-state index in [2.05, 4.69) is 5.10 Å². The molecule has 0 aromatic carbocycles. The van der Waals surface area contributed by atoms with Gasteiger partial charge in [-0.2, -0.15) is 5.10 Å². The van der Waals surface area contributed by atoms with Crippen molar-refractivity contribution >= 4 is 16.8 Å². The summed E-state index contributed by atoms with van der Waals surface area (Å²) in [6, 6.07) is 2.70. The van der Waals surface area contributed by atoms with Crippen LogP contribution in [0, 0.1) is 0 Å². The molecule has 1 N–H and O–H groups in total. The van der Waals surface area contributed by atoms with Gasteiger partial charge in [-0.25, -0.2) is 4.79 Å². The Labute approximate surface area is 99.3 Å². The second-order valence-corrected chi connectivity index (χ2v) is 4.82. The van der Waals surface area contributed by atoms with E-state index in [4.69, 9.17) is 9.52 Å². The normalized spacial score (nSPS) is 12.5. The molecular formula is C10H10N2O4S. The third kappa shape index (κ3) is 2.62. The van der Waals surface area contributed by atoms with Crippen LogP contribution in [0.4, 0.5) is 0 Å². The van der Waals surface area contributed by atoms with Gasteiger partial charge >= 0.3 is 5.97 Å². The maximum Gasteiger partial charge on any atom is 0.371 e. The van der Waals surface area contributed by atoms with Gasteiger partial charge in [-0.1, -0.05) is 0 Å². The van der Waals surface area contributed by atoms with Gasteiger partial charge in [0.15, 0.2) is 5.09 Å². The topological polar surface area (TPSA) is 85.3 Å². The second kappa shape index (κ2) is 4.54. The SMILES string of the molecule is Cn1cc(CS(=O)c2ccc(C(=O)O)o2)cn1. The summed E-state index contributed by atoms with van der Waals surface area (Å²) in [5.74, 6) is -1.13. The van der Waals surface area contributed by atoms with E-state index in [9.17, 15) is 9.00 Å². The molecular weight excluding hydrogens is 244 g/mol. The monoisotopic (exact) mass is 254 g/mol. The molecule has 0 saturated heterocycles. The van der Waals surface area contributed by atoms with Crippen molar-refractivity contribution in [3.63, 3.8) is 0 Å². The van der Waals surface area contributed by atoms with Gasteiger partial charge in [-0.05, 0) is 12.1 Å². The summed E-state index contributed by atoms with van der Waals surface area (Å²) in [6.07, 6.45) is 3.36. The lowest BCUT2D eigenvalue weighted by Gasteiger charge is -1.95. The highest BCUT2D eigenvalue weighted by atomic mass is 32.2. The quantitative estimate of drug-likeness (QED) is 0.880. The molecule has 7 heteroatoms. The van der Waals surface area contributed by atoms with Crippen molar-refractivity contribution in [2.45, 2.75) is 10.8 Å². The Hall–Kier alpha value is -1.89. The van der Waals surface area contributed by atoms with Crippen LogP contribution in [-0.4, -0.2) is 25.1 Å². The van der Waals surface area contributed by atoms with Gasteiger partial charge < -0.3 is 9.52 Å². The number of aromatic nitrogens is 2. The standard InChI is InChI=1S/C10H10N2O4S/c1-12-5-7(4-11-12)6-17(15)9-3-2-8(16-9)10(13)14/h2-5H,6H2,1H3,(H,13,14). The van der Waals surface area contributed by atoms with Crippen LogP contribution >= 0.6 is 0 Å². The predicted molar refractivity (Wildman–Crippen MR) is 59.0 cm³/mol. The van der Waals surface area contributed by atoms with Crippen molar-refractivity contribution in [2.75, 3.05) is 0 Å². The zero-order valence-electron chi connectivity index (χ0n) is 8.99. The fraction of sp³-hybridized carbons (Fsp3) is 0.200. The first kappa shape index (κ1) is 11.6. The summed E-state index contributed by atoms with van der Waals surface area (Å²) in [6.45, 7) is 0. The summed E-state index contributed by atoms with van der Waals surface area (Å²) in [5.41, 5.74) is 0.805. The minimum atomic E-state index is -1.40. The molecule has 2 aromatic rings. The smallest absolute Gasteiger partial charge is 0.371 e. The third-order valence-electron chi connectivity index (χ3n) is 2.07. The van der Waals surface area contributed by atoms with E-state index in [1.54, 1.807) is 24.1 Å². The number of rotatable bonds is 4. The zero-order chi connectivity index (χ0) is 12.4. The van der Waals surface area contributed by atoms with Crippen molar-refractivity contribution < 1.29 is 18.5 Å². The Bertz CT molecular complexity index is 572. The van der Waals surface area contributed by atoms with E-state index in [0.29, 0.717) is 0 Å². The van der Waals surface area contributed by atoms with Gasteiger partial charge in [0.25, 0.3) is 0 Å². The van der Waals surface area contributed by atoms with Crippen LogP contribution in [0.25, 0.3) is 0 Å². The maximum atomic E-state index is 11.8. The summed E-state index contributed by atoms with van der Waals surface area (Å²) in [4.78, 5) is 10.6. The fourth-order valence-corrected chi connectivity index (χ4v) is 2.32. The summed E-state index contributed by atoms with van der Waals surface area (Å²) < 4.78 is 18.4. The van der Waals surface area contributed by atoms with Crippen LogP contribution in [0.3, 0.4) is 0 Å². The van der Waals surface area contributed by atoms with Gasteiger partial charge in [-0.15, -0.1) is 0 Å². The number of carboxylic acid groups (broad SMARTS) is 1. The van der Waals surface area contributed by atoms with E-state index in [1.807, 2.05) is 0 Å². The molecule has 0 saturated carbocycles. The summed E-state index contributed by atoms with van der Waals surface area (Å²) in [5, 5.41) is 12.8. The van der Waals surface area contributed by atoms with Crippen molar-refractivity contribution in [3.8, 4) is 0 Å². The van der Waals surface area contributed by atoms with Gasteiger partial charge in [0.1, 0.15) is 0 Å². The molecule has 0 bridgehead atoms. The number of nitrogens with zero attached hydrogens (tertiary/aromatic N) is 2. The molecule has 0 aliphatic rings. The number of aromatic carboxylic acids is 1. The number of hydrogen-bond donors (Lipinski definition) is 1. The van der Waals surface area contributed by atoms with Crippen LogP contribution in [0.2, 0.25) is 0 Å². The molecule has 0 spiro atoms. The molecule has 1 atom stereocenters. The van der Waals surface area contributed by atoms with Crippen molar-refractivity contribution in [2.24, 2.45) is 7.05 Å². The molecule has 17 heavy (non-hydrogen) atoms. The Morgan fingerprint density at radius 3 is 2.88 bits per heavy atom. The molecule has 2 heterocycles. The van der Waals surface area contributed by atoms with E-state index in [1.165, 1.54) is 12.1 Å². The molecule has 1 unspecified atom stereocenters. The molecule has 0 aliphatic carbocycles. The van der Waals surface area contributed by atoms with Crippen molar-refractivity contribution in [3.05, 3.63) is 35.9 Å².